The Morgan fingerprint density at radius 3 is 2.74 bits per heavy atom. The summed E-state index contributed by atoms with van der Waals surface area (Å²) in [5.41, 5.74) is 0.506. The Hall–Kier alpha value is -1.78. The van der Waals surface area contributed by atoms with Crippen molar-refractivity contribution in [2.24, 2.45) is 11.3 Å². The molecule has 1 saturated carbocycles. The zero-order valence-corrected chi connectivity index (χ0v) is 16.5. The van der Waals surface area contributed by atoms with Crippen LogP contribution in [0.15, 0.2) is 16.7 Å². The van der Waals surface area contributed by atoms with E-state index < -0.39 is 0 Å². The maximum absolute atomic E-state index is 13.3. The van der Waals surface area contributed by atoms with E-state index in [1.165, 1.54) is 32.1 Å². The molecule has 5 nitrogen and oxygen atoms in total. The third kappa shape index (κ3) is 3.65. The van der Waals surface area contributed by atoms with Crippen molar-refractivity contribution in [3.63, 3.8) is 0 Å². The first-order valence-corrected chi connectivity index (χ1v) is 10.7. The Balaban J connectivity index is 1.38. The molecule has 1 atom stereocenters. The van der Waals surface area contributed by atoms with Crippen LogP contribution in [0.25, 0.3) is 0 Å². The van der Waals surface area contributed by atoms with E-state index in [-0.39, 0.29) is 17.2 Å². The maximum Gasteiger partial charge on any atom is 0.289 e. The van der Waals surface area contributed by atoms with Gasteiger partial charge in [-0.15, -0.1) is 0 Å². The van der Waals surface area contributed by atoms with Gasteiger partial charge in [0.15, 0.2) is 5.76 Å². The molecule has 5 heteroatoms. The summed E-state index contributed by atoms with van der Waals surface area (Å²) in [5.74, 6) is 1.44. The summed E-state index contributed by atoms with van der Waals surface area (Å²) < 4.78 is 5.38. The highest BCUT2D eigenvalue weighted by molar-refractivity contribution is 5.94. The number of rotatable bonds is 4. The van der Waals surface area contributed by atoms with Gasteiger partial charge in [0.2, 0.25) is 5.91 Å². The molecule has 2 amide bonds. The number of amides is 2. The van der Waals surface area contributed by atoms with Crippen molar-refractivity contribution in [1.82, 2.24) is 9.80 Å². The normalized spacial score (nSPS) is 26.9. The maximum atomic E-state index is 13.3. The van der Waals surface area contributed by atoms with Crippen molar-refractivity contribution < 1.29 is 14.0 Å². The van der Waals surface area contributed by atoms with Crippen molar-refractivity contribution in [3.05, 3.63) is 23.7 Å². The van der Waals surface area contributed by atoms with Crippen LogP contribution in [0, 0.1) is 18.3 Å². The summed E-state index contributed by atoms with van der Waals surface area (Å²) in [4.78, 5) is 30.0. The average Bonchev–Trinajstić information content (AvgIpc) is 3.31. The monoisotopic (exact) mass is 372 g/mol. The second kappa shape index (κ2) is 7.69. The lowest BCUT2D eigenvalue weighted by Crippen LogP contribution is -2.50. The Kier molecular flexibility index (Phi) is 5.29. The minimum atomic E-state index is -0.360. The van der Waals surface area contributed by atoms with E-state index in [2.05, 4.69) is 4.90 Å². The fourth-order valence-corrected chi connectivity index (χ4v) is 5.34. The minimum Gasteiger partial charge on any atom is -0.459 e. The largest absolute Gasteiger partial charge is 0.459 e. The molecule has 27 heavy (non-hydrogen) atoms. The summed E-state index contributed by atoms with van der Waals surface area (Å²) >= 11 is 0. The third-order valence-corrected chi connectivity index (χ3v) is 7.05. The molecular weight excluding hydrogens is 340 g/mol. The fraction of sp³-hybridized carbons (Fsp3) is 0.727. The molecular formula is C22H32N2O3. The van der Waals surface area contributed by atoms with Gasteiger partial charge in [-0.2, -0.15) is 0 Å². The van der Waals surface area contributed by atoms with Crippen molar-refractivity contribution in [2.45, 2.75) is 64.7 Å². The molecule has 3 heterocycles. The second-order valence-corrected chi connectivity index (χ2v) is 8.88. The van der Waals surface area contributed by atoms with E-state index in [0.717, 1.165) is 50.3 Å². The van der Waals surface area contributed by atoms with Gasteiger partial charge in [-0.05, 0) is 44.6 Å². The molecule has 1 aromatic heterocycles. The molecule has 0 bridgehead atoms. The molecule has 1 spiro atoms. The molecule has 1 aromatic rings. The van der Waals surface area contributed by atoms with Crippen LogP contribution in [0.2, 0.25) is 0 Å². The zero-order chi connectivity index (χ0) is 18.9. The molecule has 148 valence electrons. The van der Waals surface area contributed by atoms with Gasteiger partial charge in [-0.25, -0.2) is 0 Å². The third-order valence-electron chi connectivity index (χ3n) is 7.05. The van der Waals surface area contributed by atoms with Crippen LogP contribution in [-0.4, -0.2) is 47.8 Å². The van der Waals surface area contributed by atoms with Crippen molar-refractivity contribution in [1.29, 1.82) is 0 Å². The van der Waals surface area contributed by atoms with Gasteiger partial charge >= 0.3 is 0 Å². The minimum absolute atomic E-state index is 0.0681. The highest BCUT2D eigenvalue weighted by Crippen LogP contribution is 2.41. The molecule has 2 aliphatic heterocycles. The molecule has 3 fully saturated rings. The molecule has 3 aliphatic rings. The molecule has 0 N–H and O–H groups in total. The number of carbonyl (C=O) groups excluding carboxylic acids is 2. The van der Waals surface area contributed by atoms with Gasteiger partial charge in [-0.1, -0.05) is 32.1 Å². The van der Waals surface area contributed by atoms with Gasteiger partial charge in [0.05, 0.1) is 11.7 Å². The van der Waals surface area contributed by atoms with E-state index in [0.29, 0.717) is 18.8 Å². The Bertz CT molecular complexity index is 691. The molecule has 1 aliphatic carbocycles. The van der Waals surface area contributed by atoms with Crippen molar-refractivity contribution >= 4 is 11.8 Å². The molecule has 2 saturated heterocycles. The quantitative estimate of drug-likeness (QED) is 0.802. The number of hydrogen-bond donors (Lipinski definition) is 0. The van der Waals surface area contributed by atoms with Gasteiger partial charge in [0.25, 0.3) is 5.91 Å². The molecule has 0 aromatic carbocycles. The van der Waals surface area contributed by atoms with Crippen molar-refractivity contribution in [3.8, 4) is 0 Å². The highest BCUT2D eigenvalue weighted by atomic mass is 16.3. The Morgan fingerprint density at radius 2 is 2.00 bits per heavy atom. The lowest BCUT2D eigenvalue weighted by Gasteiger charge is -2.40. The lowest BCUT2D eigenvalue weighted by atomic mass is 9.78. The predicted molar refractivity (Wildman–Crippen MR) is 103 cm³/mol. The molecule has 1 unspecified atom stereocenters. The van der Waals surface area contributed by atoms with E-state index >= 15 is 0 Å². The first-order valence-electron chi connectivity index (χ1n) is 10.7. The SMILES string of the molecule is Cc1ccoc1C(=O)N1CCC2(CCCN(CCC3CCCCC3)C2=O)C1. The number of carbonyl (C=O) groups is 2. The van der Waals surface area contributed by atoms with E-state index in [4.69, 9.17) is 4.42 Å². The number of nitrogens with zero attached hydrogens (tertiary/aromatic N) is 2. The summed E-state index contributed by atoms with van der Waals surface area (Å²) in [5, 5.41) is 0. The number of furan rings is 1. The number of aryl methyl sites for hydroxylation is 1. The Labute approximate surface area is 162 Å². The topological polar surface area (TPSA) is 53.8 Å². The zero-order valence-electron chi connectivity index (χ0n) is 16.5. The first-order chi connectivity index (χ1) is 13.1. The number of hydrogen-bond acceptors (Lipinski definition) is 3. The second-order valence-electron chi connectivity index (χ2n) is 8.88. The van der Waals surface area contributed by atoms with Crippen LogP contribution >= 0.6 is 0 Å². The standard InChI is InChI=1S/C22H32N2O3/c1-17-9-15-27-19(17)20(25)24-14-11-22(16-24)10-5-12-23(21(22)26)13-8-18-6-3-2-4-7-18/h9,15,18H,2-8,10-14,16H2,1H3. The highest BCUT2D eigenvalue weighted by Gasteiger charge is 2.49. The molecule has 0 radical (unpaired) electrons. The molecule has 4 rings (SSSR count). The van der Waals surface area contributed by atoms with E-state index in [1.54, 1.807) is 6.26 Å². The summed E-state index contributed by atoms with van der Waals surface area (Å²) in [6.45, 7) is 4.88. The predicted octanol–water partition coefficient (Wildman–Crippen LogP) is 4.01. The fourth-order valence-electron chi connectivity index (χ4n) is 5.34. The summed E-state index contributed by atoms with van der Waals surface area (Å²) in [7, 11) is 0. The Morgan fingerprint density at radius 1 is 1.19 bits per heavy atom. The smallest absolute Gasteiger partial charge is 0.289 e. The van der Waals surface area contributed by atoms with Gasteiger partial charge in [0, 0.05) is 31.7 Å². The average molecular weight is 373 g/mol. The van der Waals surface area contributed by atoms with Crippen molar-refractivity contribution in [2.75, 3.05) is 26.2 Å². The van der Waals surface area contributed by atoms with Crippen LogP contribution in [-0.2, 0) is 4.79 Å². The van der Waals surface area contributed by atoms with Gasteiger partial charge in [-0.3, -0.25) is 9.59 Å². The summed E-state index contributed by atoms with van der Waals surface area (Å²) in [6, 6.07) is 1.82. The summed E-state index contributed by atoms with van der Waals surface area (Å²) in [6.07, 6.45) is 12.2. The van der Waals surface area contributed by atoms with Crippen LogP contribution in [0.1, 0.15) is 73.9 Å². The van der Waals surface area contributed by atoms with Gasteiger partial charge < -0.3 is 14.2 Å². The van der Waals surface area contributed by atoms with Crippen LogP contribution in [0.4, 0.5) is 0 Å². The number of likely N-dealkylation sites (tertiary alicyclic amines) is 2. The first kappa shape index (κ1) is 18.6. The van der Waals surface area contributed by atoms with Gasteiger partial charge in [0.1, 0.15) is 0 Å². The number of piperidine rings is 1. The van der Waals surface area contributed by atoms with Crippen LogP contribution in [0.5, 0.6) is 0 Å². The van der Waals surface area contributed by atoms with E-state index in [1.807, 2.05) is 17.9 Å². The lowest BCUT2D eigenvalue weighted by molar-refractivity contribution is -0.145. The van der Waals surface area contributed by atoms with Crippen LogP contribution in [0.3, 0.4) is 0 Å². The van der Waals surface area contributed by atoms with E-state index in [9.17, 15) is 9.59 Å². The van der Waals surface area contributed by atoms with Crippen LogP contribution < -0.4 is 0 Å².